The molecule has 2 heterocycles. The first-order valence-corrected chi connectivity index (χ1v) is 10.8. The van der Waals surface area contributed by atoms with Gasteiger partial charge in [0.25, 0.3) is 11.8 Å². The van der Waals surface area contributed by atoms with Crippen molar-refractivity contribution in [2.45, 2.75) is 45.1 Å². The highest BCUT2D eigenvalue weighted by molar-refractivity contribution is 7.10. The quantitative estimate of drug-likeness (QED) is 0.845. The summed E-state index contributed by atoms with van der Waals surface area (Å²) >= 11 is 1.70. The van der Waals surface area contributed by atoms with Crippen LogP contribution in [0.4, 0.5) is 4.39 Å². The highest BCUT2D eigenvalue weighted by atomic mass is 32.1. The summed E-state index contributed by atoms with van der Waals surface area (Å²) < 4.78 is 13.9. The Labute approximate surface area is 168 Å². The van der Waals surface area contributed by atoms with Crippen molar-refractivity contribution in [2.24, 2.45) is 5.92 Å². The highest BCUT2D eigenvalue weighted by Gasteiger charge is 2.28. The van der Waals surface area contributed by atoms with Gasteiger partial charge in [-0.1, -0.05) is 19.1 Å². The van der Waals surface area contributed by atoms with E-state index in [1.54, 1.807) is 28.4 Å². The number of piperidine rings is 1. The van der Waals surface area contributed by atoms with Crippen LogP contribution in [-0.4, -0.2) is 35.8 Å². The van der Waals surface area contributed by atoms with Gasteiger partial charge in [0.15, 0.2) is 0 Å². The lowest BCUT2D eigenvalue weighted by atomic mass is 9.88. The Bertz CT molecular complexity index is 886. The van der Waals surface area contributed by atoms with Gasteiger partial charge in [-0.15, -0.1) is 11.3 Å². The lowest BCUT2D eigenvalue weighted by molar-refractivity contribution is 0.0693. The number of amides is 2. The number of likely N-dealkylation sites (tertiary alicyclic amines) is 1. The van der Waals surface area contributed by atoms with E-state index in [1.165, 1.54) is 22.6 Å². The molecule has 0 saturated carbocycles. The van der Waals surface area contributed by atoms with Crippen molar-refractivity contribution in [2.75, 3.05) is 13.1 Å². The van der Waals surface area contributed by atoms with Crippen LogP contribution in [-0.2, 0) is 12.8 Å². The third-order valence-electron chi connectivity index (χ3n) is 5.87. The number of hydrogen-bond acceptors (Lipinski definition) is 3. The molecule has 6 heteroatoms. The highest BCUT2D eigenvalue weighted by Crippen LogP contribution is 2.33. The average molecular weight is 401 g/mol. The summed E-state index contributed by atoms with van der Waals surface area (Å²) in [6.07, 6.45) is 4.58. The van der Waals surface area contributed by atoms with Gasteiger partial charge in [-0.25, -0.2) is 4.39 Å². The molecule has 1 aromatic carbocycles. The van der Waals surface area contributed by atoms with E-state index in [0.29, 0.717) is 31.8 Å². The second-order valence-electron chi connectivity index (χ2n) is 7.92. The van der Waals surface area contributed by atoms with Crippen LogP contribution in [0.3, 0.4) is 0 Å². The number of halogens is 1. The summed E-state index contributed by atoms with van der Waals surface area (Å²) in [4.78, 5) is 28.3. The molecule has 1 atom stereocenters. The van der Waals surface area contributed by atoms with Crippen LogP contribution in [0.25, 0.3) is 0 Å². The first kappa shape index (κ1) is 19.1. The summed E-state index contributed by atoms with van der Waals surface area (Å²) in [6, 6.07) is 6.13. The van der Waals surface area contributed by atoms with Crippen LogP contribution in [0.15, 0.2) is 29.6 Å². The van der Waals surface area contributed by atoms with Gasteiger partial charge in [0.2, 0.25) is 0 Å². The summed E-state index contributed by atoms with van der Waals surface area (Å²) in [6.45, 7) is 3.31. The molecule has 0 spiro atoms. The minimum absolute atomic E-state index is 0.00549. The zero-order chi connectivity index (χ0) is 19.7. The van der Waals surface area contributed by atoms with Crippen molar-refractivity contribution < 1.29 is 14.0 Å². The Morgan fingerprint density at radius 3 is 2.64 bits per heavy atom. The Morgan fingerprint density at radius 1 is 1.14 bits per heavy atom. The Kier molecular flexibility index (Phi) is 5.49. The third-order valence-corrected chi connectivity index (χ3v) is 6.92. The van der Waals surface area contributed by atoms with Crippen molar-refractivity contribution in [3.05, 3.63) is 57.0 Å². The lowest BCUT2D eigenvalue weighted by Gasteiger charge is -2.32. The molecule has 1 saturated heterocycles. The monoisotopic (exact) mass is 400 g/mol. The number of fused-ring (bicyclic) bond motifs is 1. The normalized spacial score (nSPS) is 19.9. The number of carbonyl (C=O) groups is 2. The van der Waals surface area contributed by atoms with E-state index in [4.69, 9.17) is 0 Å². The van der Waals surface area contributed by atoms with Crippen LogP contribution in [0.1, 0.15) is 57.3 Å². The zero-order valence-electron chi connectivity index (χ0n) is 16.0. The standard InChI is InChI=1S/C22H25FN2O2S/c1-14-6-7-16-18(13-28-20(16)12-14)21(26)24-15-8-10-25(11-9-15)22(27)17-4-2-3-5-19(17)23/h2-5,13-15H,6-12H2,1H3,(H,24,26). The van der Waals surface area contributed by atoms with Crippen LogP contribution >= 0.6 is 11.3 Å². The molecule has 4 rings (SSSR count). The van der Waals surface area contributed by atoms with Crippen LogP contribution in [0.5, 0.6) is 0 Å². The topological polar surface area (TPSA) is 49.4 Å². The van der Waals surface area contributed by atoms with E-state index >= 15 is 0 Å². The van der Waals surface area contributed by atoms with Crippen LogP contribution in [0.2, 0.25) is 0 Å². The van der Waals surface area contributed by atoms with Crippen molar-refractivity contribution >= 4 is 23.2 Å². The molecular formula is C22H25FN2O2S. The fraction of sp³-hybridized carbons (Fsp3) is 0.455. The van der Waals surface area contributed by atoms with E-state index in [0.717, 1.165) is 24.8 Å². The molecule has 4 nitrogen and oxygen atoms in total. The maximum atomic E-state index is 13.9. The maximum Gasteiger partial charge on any atom is 0.256 e. The van der Waals surface area contributed by atoms with E-state index < -0.39 is 5.82 Å². The zero-order valence-corrected chi connectivity index (χ0v) is 16.9. The number of hydrogen-bond donors (Lipinski definition) is 1. The molecule has 28 heavy (non-hydrogen) atoms. The molecule has 2 aliphatic rings. The van der Waals surface area contributed by atoms with Crippen molar-refractivity contribution in [1.29, 1.82) is 0 Å². The minimum atomic E-state index is -0.487. The number of nitrogens with zero attached hydrogens (tertiary/aromatic N) is 1. The summed E-state index contributed by atoms with van der Waals surface area (Å²) in [5, 5.41) is 5.14. The van der Waals surface area contributed by atoms with Gasteiger partial charge in [-0.05, 0) is 55.7 Å². The third kappa shape index (κ3) is 3.83. The average Bonchev–Trinajstić information content (AvgIpc) is 3.11. The van der Waals surface area contributed by atoms with E-state index in [1.807, 2.05) is 5.38 Å². The summed E-state index contributed by atoms with van der Waals surface area (Å²) in [5.74, 6) is -0.0623. The molecule has 1 unspecified atom stereocenters. The van der Waals surface area contributed by atoms with Crippen molar-refractivity contribution in [1.82, 2.24) is 10.2 Å². The van der Waals surface area contributed by atoms with Gasteiger partial charge < -0.3 is 10.2 Å². The Balaban J connectivity index is 1.34. The first-order valence-electron chi connectivity index (χ1n) is 9.97. The largest absolute Gasteiger partial charge is 0.349 e. The number of rotatable bonds is 3. The molecular weight excluding hydrogens is 375 g/mol. The molecule has 1 aliphatic heterocycles. The fourth-order valence-electron chi connectivity index (χ4n) is 4.16. The number of carbonyl (C=O) groups excluding carboxylic acids is 2. The van der Waals surface area contributed by atoms with E-state index in [9.17, 15) is 14.0 Å². The first-order chi connectivity index (χ1) is 13.5. The molecule has 2 amide bonds. The second kappa shape index (κ2) is 8.03. The van der Waals surface area contributed by atoms with E-state index in [-0.39, 0.29) is 23.4 Å². The number of thiophene rings is 1. The molecule has 1 N–H and O–H groups in total. The van der Waals surface area contributed by atoms with Gasteiger partial charge in [-0.3, -0.25) is 9.59 Å². The van der Waals surface area contributed by atoms with Gasteiger partial charge in [-0.2, -0.15) is 0 Å². The SMILES string of the molecule is CC1CCc2c(C(=O)NC3CCN(C(=O)c4ccccc4F)CC3)csc2C1. The molecule has 1 fully saturated rings. The maximum absolute atomic E-state index is 13.9. The number of benzene rings is 1. The predicted octanol–water partition coefficient (Wildman–Crippen LogP) is 4.05. The molecule has 0 bridgehead atoms. The second-order valence-corrected chi connectivity index (χ2v) is 8.88. The van der Waals surface area contributed by atoms with Gasteiger partial charge in [0.05, 0.1) is 11.1 Å². The molecule has 2 aromatic rings. The van der Waals surface area contributed by atoms with E-state index in [2.05, 4.69) is 12.2 Å². The minimum Gasteiger partial charge on any atom is -0.349 e. The Hall–Kier alpha value is -2.21. The van der Waals surface area contributed by atoms with Gasteiger partial charge in [0, 0.05) is 29.4 Å². The summed E-state index contributed by atoms with van der Waals surface area (Å²) in [5.41, 5.74) is 2.17. The van der Waals surface area contributed by atoms with Gasteiger partial charge >= 0.3 is 0 Å². The number of nitrogens with one attached hydrogen (secondary N) is 1. The van der Waals surface area contributed by atoms with Crippen LogP contribution < -0.4 is 5.32 Å². The molecule has 148 valence electrons. The van der Waals surface area contributed by atoms with Gasteiger partial charge in [0.1, 0.15) is 5.82 Å². The summed E-state index contributed by atoms with van der Waals surface area (Å²) in [7, 11) is 0. The van der Waals surface area contributed by atoms with Crippen LogP contribution in [0, 0.1) is 11.7 Å². The Morgan fingerprint density at radius 2 is 1.89 bits per heavy atom. The fourth-order valence-corrected chi connectivity index (χ4v) is 5.41. The van der Waals surface area contributed by atoms with Crippen molar-refractivity contribution in [3.8, 4) is 0 Å². The van der Waals surface area contributed by atoms with Crippen molar-refractivity contribution in [3.63, 3.8) is 0 Å². The smallest absolute Gasteiger partial charge is 0.256 e. The molecule has 0 radical (unpaired) electrons. The predicted molar refractivity (Wildman–Crippen MR) is 108 cm³/mol. The molecule has 1 aromatic heterocycles. The lowest BCUT2D eigenvalue weighted by Crippen LogP contribution is -2.46. The molecule has 1 aliphatic carbocycles.